The van der Waals surface area contributed by atoms with Crippen molar-refractivity contribution in [3.63, 3.8) is 0 Å². The standard InChI is InChI=1S/C12H16N2O/c1-3-11(14-13)7-8-15-12-6-4-5-10(2)9-12/h1,4-6,9,11,14H,7-8,13H2,2H3. The summed E-state index contributed by atoms with van der Waals surface area (Å²) in [4.78, 5) is 0. The maximum absolute atomic E-state index is 5.53. The molecule has 1 aromatic carbocycles. The van der Waals surface area contributed by atoms with Crippen LogP contribution in [0.15, 0.2) is 24.3 Å². The highest BCUT2D eigenvalue weighted by molar-refractivity contribution is 5.27. The van der Waals surface area contributed by atoms with Crippen LogP contribution < -0.4 is 16.0 Å². The van der Waals surface area contributed by atoms with E-state index in [1.165, 1.54) is 5.56 Å². The topological polar surface area (TPSA) is 47.3 Å². The van der Waals surface area contributed by atoms with Crippen molar-refractivity contribution in [2.24, 2.45) is 5.84 Å². The van der Waals surface area contributed by atoms with Crippen molar-refractivity contribution in [3.05, 3.63) is 29.8 Å². The third kappa shape index (κ3) is 4.03. The van der Waals surface area contributed by atoms with Gasteiger partial charge in [-0.3, -0.25) is 5.84 Å². The molecule has 0 heterocycles. The first-order chi connectivity index (χ1) is 7.26. The van der Waals surface area contributed by atoms with Gasteiger partial charge in [-0.15, -0.1) is 6.42 Å². The minimum atomic E-state index is -0.130. The van der Waals surface area contributed by atoms with Crippen LogP contribution >= 0.6 is 0 Å². The van der Waals surface area contributed by atoms with Crippen molar-refractivity contribution in [2.75, 3.05) is 6.61 Å². The molecule has 3 nitrogen and oxygen atoms in total. The number of rotatable bonds is 5. The van der Waals surface area contributed by atoms with Crippen LogP contribution in [0, 0.1) is 19.3 Å². The highest BCUT2D eigenvalue weighted by atomic mass is 16.5. The van der Waals surface area contributed by atoms with E-state index < -0.39 is 0 Å². The van der Waals surface area contributed by atoms with Gasteiger partial charge in [0.1, 0.15) is 5.75 Å². The highest BCUT2D eigenvalue weighted by Gasteiger charge is 2.01. The number of hydrazine groups is 1. The van der Waals surface area contributed by atoms with Crippen LogP contribution in [0.4, 0.5) is 0 Å². The fourth-order valence-corrected chi connectivity index (χ4v) is 1.21. The van der Waals surface area contributed by atoms with Gasteiger partial charge >= 0.3 is 0 Å². The van der Waals surface area contributed by atoms with Crippen LogP contribution in [0.1, 0.15) is 12.0 Å². The molecule has 0 saturated heterocycles. The minimum absolute atomic E-state index is 0.130. The molecule has 0 aromatic heterocycles. The maximum Gasteiger partial charge on any atom is 0.119 e. The van der Waals surface area contributed by atoms with E-state index in [-0.39, 0.29) is 6.04 Å². The summed E-state index contributed by atoms with van der Waals surface area (Å²) >= 11 is 0. The van der Waals surface area contributed by atoms with Crippen molar-refractivity contribution in [2.45, 2.75) is 19.4 Å². The van der Waals surface area contributed by atoms with E-state index in [2.05, 4.69) is 11.3 Å². The fraction of sp³-hybridized carbons (Fsp3) is 0.333. The number of nitrogens with one attached hydrogen (secondary N) is 1. The minimum Gasteiger partial charge on any atom is -0.493 e. The Balaban J connectivity index is 2.35. The predicted octanol–water partition coefficient (Wildman–Crippen LogP) is 1.23. The molecule has 0 fully saturated rings. The van der Waals surface area contributed by atoms with Crippen LogP contribution in [-0.2, 0) is 0 Å². The summed E-state index contributed by atoms with van der Waals surface area (Å²) in [5.74, 6) is 8.64. The van der Waals surface area contributed by atoms with Gasteiger partial charge in [0.15, 0.2) is 0 Å². The number of hydrogen-bond donors (Lipinski definition) is 2. The molecule has 0 spiro atoms. The zero-order chi connectivity index (χ0) is 11.1. The average molecular weight is 204 g/mol. The molecule has 15 heavy (non-hydrogen) atoms. The molecule has 1 aromatic rings. The van der Waals surface area contributed by atoms with Crippen molar-refractivity contribution < 1.29 is 4.74 Å². The summed E-state index contributed by atoms with van der Waals surface area (Å²) < 4.78 is 5.53. The first-order valence-corrected chi connectivity index (χ1v) is 4.88. The Morgan fingerprint density at radius 3 is 3.00 bits per heavy atom. The van der Waals surface area contributed by atoms with Gasteiger partial charge in [0.05, 0.1) is 12.6 Å². The smallest absolute Gasteiger partial charge is 0.119 e. The molecule has 1 unspecified atom stereocenters. The molecule has 80 valence electrons. The molecular weight excluding hydrogens is 188 g/mol. The number of aryl methyl sites for hydroxylation is 1. The quantitative estimate of drug-likeness (QED) is 0.431. The molecule has 0 aliphatic heterocycles. The van der Waals surface area contributed by atoms with E-state index in [0.717, 1.165) is 5.75 Å². The lowest BCUT2D eigenvalue weighted by Crippen LogP contribution is -2.34. The molecule has 0 aliphatic rings. The van der Waals surface area contributed by atoms with E-state index >= 15 is 0 Å². The summed E-state index contributed by atoms with van der Waals surface area (Å²) in [6.07, 6.45) is 5.93. The third-order valence-electron chi connectivity index (χ3n) is 2.07. The van der Waals surface area contributed by atoms with E-state index in [0.29, 0.717) is 13.0 Å². The Morgan fingerprint density at radius 2 is 2.40 bits per heavy atom. The van der Waals surface area contributed by atoms with Crippen molar-refractivity contribution in [1.82, 2.24) is 5.43 Å². The largest absolute Gasteiger partial charge is 0.493 e. The lowest BCUT2D eigenvalue weighted by atomic mass is 10.2. The Bertz CT molecular complexity index is 344. The number of benzene rings is 1. The molecule has 0 radical (unpaired) electrons. The van der Waals surface area contributed by atoms with E-state index in [1.807, 2.05) is 31.2 Å². The molecule has 1 rings (SSSR count). The summed E-state index contributed by atoms with van der Waals surface area (Å²) in [7, 11) is 0. The zero-order valence-corrected chi connectivity index (χ0v) is 8.86. The zero-order valence-electron chi connectivity index (χ0n) is 8.86. The Labute approximate surface area is 90.6 Å². The van der Waals surface area contributed by atoms with Crippen molar-refractivity contribution in [1.29, 1.82) is 0 Å². The Morgan fingerprint density at radius 1 is 1.60 bits per heavy atom. The summed E-state index contributed by atoms with van der Waals surface area (Å²) in [6.45, 7) is 2.58. The lowest BCUT2D eigenvalue weighted by molar-refractivity contribution is 0.298. The van der Waals surface area contributed by atoms with E-state index in [9.17, 15) is 0 Å². The van der Waals surface area contributed by atoms with Crippen LogP contribution in [-0.4, -0.2) is 12.6 Å². The molecule has 0 saturated carbocycles. The van der Waals surface area contributed by atoms with Crippen LogP contribution in [0.25, 0.3) is 0 Å². The first kappa shape index (κ1) is 11.6. The second kappa shape index (κ2) is 6.07. The van der Waals surface area contributed by atoms with Crippen LogP contribution in [0.3, 0.4) is 0 Å². The number of nitrogens with two attached hydrogens (primary N) is 1. The van der Waals surface area contributed by atoms with Gasteiger partial charge in [-0.05, 0) is 24.6 Å². The fourth-order valence-electron chi connectivity index (χ4n) is 1.21. The molecular formula is C12H16N2O. The Hall–Kier alpha value is -1.50. The SMILES string of the molecule is C#CC(CCOc1cccc(C)c1)NN. The summed E-state index contributed by atoms with van der Waals surface area (Å²) in [6, 6.07) is 7.77. The van der Waals surface area contributed by atoms with Gasteiger partial charge in [0.25, 0.3) is 0 Å². The summed E-state index contributed by atoms with van der Waals surface area (Å²) in [5.41, 5.74) is 3.71. The second-order valence-electron chi connectivity index (χ2n) is 3.34. The van der Waals surface area contributed by atoms with Gasteiger partial charge in [0.2, 0.25) is 0 Å². The molecule has 3 N–H and O–H groups in total. The van der Waals surface area contributed by atoms with E-state index in [4.69, 9.17) is 17.0 Å². The summed E-state index contributed by atoms with van der Waals surface area (Å²) in [5, 5.41) is 0. The second-order valence-corrected chi connectivity index (χ2v) is 3.34. The van der Waals surface area contributed by atoms with E-state index in [1.54, 1.807) is 0 Å². The number of terminal acetylenes is 1. The monoisotopic (exact) mass is 204 g/mol. The molecule has 0 aliphatic carbocycles. The predicted molar refractivity (Wildman–Crippen MR) is 61.2 cm³/mol. The van der Waals surface area contributed by atoms with Gasteiger partial charge in [0, 0.05) is 6.42 Å². The highest BCUT2D eigenvalue weighted by Crippen LogP contribution is 2.12. The lowest BCUT2D eigenvalue weighted by Gasteiger charge is -2.10. The normalized spacial score (nSPS) is 11.8. The third-order valence-corrected chi connectivity index (χ3v) is 2.07. The number of ether oxygens (including phenoxy) is 1. The maximum atomic E-state index is 5.53. The van der Waals surface area contributed by atoms with Crippen LogP contribution in [0.2, 0.25) is 0 Å². The molecule has 3 heteroatoms. The van der Waals surface area contributed by atoms with Crippen LogP contribution in [0.5, 0.6) is 5.75 Å². The number of hydrogen-bond acceptors (Lipinski definition) is 3. The van der Waals surface area contributed by atoms with Crippen molar-refractivity contribution in [3.8, 4) is 18.1 Å². The average Bonchev–Trinajstić information content (AvgIpc) is 2.25. The first-order valence-electron chi connectivity index (χ1n) is 4.88. The molecule has 1 atom stereocenters. The molecule has 0 amide bonds. The molecule has 0 bridgehead atoms. The van der Waals surface area contributed by atoms with Gasteiger partial charge in [-0.25, -0.2) is 5.43 Å². The van der Waals surface area contributed by atoms with Gasteiger partial charge in [-0.1, -0.05) is 18.1 Å². The van der Waals surface area contributed by atoms with Crippen molar-refractivity contribution >= 4 is 0 Å². The van der Waals surface area contributed by atoms with Gasteiger partial charge in [-0.2, -0.15) is 0 Å². The Kier molecular flexibility index (Phi) is 4.69. The van der Waals surface area contributed by atoms with Gasteiger partial charge < -0.3 is 4.74 Å².